The molecule has 220 valence electrons. The predicted molar refractivity (Wildman–Crippen MR) is 154 cm³/mol. The number of likely N-dealkylation sites (tertiary alicyclic amines) is 2. The molecule has 1 aliphatic carbocycles. The first kappa shape index (κ1) is 29.0. The molecular formula is C31H42N6O4. The van der Waals surface area contributed by atoms with Gasteiger partial charge >= 0.3 is 6.01 Å². The van der Waals surface area contributed by atoms with Crippen LogP contribution in [0.2, 0.25) is 0 Å². The Hall–Kier alpha value is -3.53. The lowest BCUT2D eigenvalue weighted by atomic mass is 10.0. The molecule has 41 heavy (non-hydrogen) atoms. The molecule has 3 heterocycles. The van der Waals surface area contributed by atoms with E-state index in [4.69, 9.17) is 4.74 Å². The van der Waals surface area contributed by atoms with Gasteiger partial charge in [-0.05, 0) is 50.5 Å². The van der Waals surface area contributed by atoms with E-state index < -0.39 is 0 Å². The summed E-state index contributed by atoms with van der Waals surface area (Å²) in [7, 11) is 1.54. The van der Waals surface area contributed by atoms with Gasteiger partial charge in [-0.1, -0.05) is 43.2 Å². The summed E-state index contributed by atoms with van der Waals surface area (Å²) in [5.74, 6) is 0.894. The average molecular weight is 563 g/mol. The molecule has 1 aromatic carbocycles. The molecule has 0 spiro atoms. The van der Waals surface area contributed by atoms with Crippen molar-refractivity contribution in [2.45, 2.75) is 52.0 Å². The highest BCUT2D eigenvalue weighted by Gasteiger charge is 2.42. The molecular weight excluding hydrogens is 520 g/mol. The van der Waals surface area contributed by atoms with Crippen molar-refractivity contribution in [2.75, 3.05) is 46.4 Å². The number of aromatic nitrogens is 2. The maximum absolute atomic E-state index is 13.5. The van der Waals surface area contributed by atoms with Gasteiger partial charge in [0.05, 0.1) is 23.0 Å². The van der Waals surface area contributed by atoms with Crippen molar-refractivity contribution in [1.82, 2.24) is 30.4 Å². The number of fused-ring (bicyclic) bond motifs is 1. The van der Waals surface area contributed by atoms with Gasteiger partial charge in [0.25, 0.3) is 11.8 Å². The maximum Gasteiger partial charge on any atom is 0.317 e. The van der Waals surface area contributed by atoms with E-state index in [9.17, 15) is 14.4 Å². The van der Waals surface area contributed by atoms with Crippen molar-refractivity contribution < 1.29 is 19.1 Å². The Kier molecular flexibility index (Phi) is 9.17. The highest BCUT2D eigenvalue weighted by molar-refractivity contribution is 5.96. The second kappa shape index (κ2) is 13.0. The van der Waals surface area contributed by atoms with Gasteiger partial charge in [0.2, 0.25) is 5.91 Å². The van der Waals surface area contributed by atoms with Crippen LogP contribution in [0.4, 0.5) is 0 Å². The Morgan fingerprint density at radius 3 is 2.22 bits per heavy atom. The predicted octanol–water partition coefficient (Wildman–Crippen LogP) is 2.66. The quantitative estimate of drug-likeness (QED) is 0.457. The lowest BCUT2D eigenvalue weighted by Gasteiger charge is -2.26. The first-order chi connectivity index (χ1) is 19.8. The van der Waals surface area contributed by atoms with Crippen molar-refractivity contribution in [3.8, 4) is 6.01 Å². The van der Waals surface area contributed by atoms with E-state index in [-0.39, 0.29) is 42.3 Å². The summed E-state index contributed by atoms with van der Waals surface area (Å²) in [6.45, 7) is 7.63. The number of ether oxygens (including phenoxy) is 1. The molecule has 2 N–H and O–H groups in total. The molecule has 3 amide bonds. The van der Waals surface area contributed by atoms with Gasteiger partial charge < -0.3 is 25.2 Å². The lowest BCUT2D eigenvalue weighted by molar-refractivity contribution is -0.125. The third-order valence-electron chi connectivity index (χ3n) is 8.90. The number of hydrogen-bond donors (Lipinski definition) is 2. The number of rotatable bonds is 10. The van der Waals surface area contributed by atoms with E-state index in [2.05, 4.69) is 37.6 Å². The second-order valence-electron chi connectivity index (χ2n) is 11.7. The van der Waals surface area contributed by atoms with E-state index in [1.165, 1.54) is 7.05 Å². The van der Waals surface area contributed by atoms with Crippen molar-refractivity contribution in [3.05, 3.63) is 52.8 Å². The molecule has 2 aliphatic heterocycles. The van der Waals surface area contributed by atoms with Crippen LogP contribution in [-0.4, -0.2) is 83.9 Å². The van der Waals surface area contributed by atoms with Gasteiger partial charge in [-0.25, -0.2) is 0 Å². The fraction of sp³-hybridized carbons (Fsp3) is 0.581. The zero-order chi connectivity index (χ0) is 28.9. The van der Waals surface area contributed by atoms with Crippen LogP contribution in [0.1, 0.15) is 65.5 Å². The number of likely N-dealkylation sites (N-methyl/N-ethyl adjacent to an activating group) is 1. The minimum atomic E-state index is -0.272. The van der Waals surface area contributed by atoms with Gasteiger partial charge in [0.15, 0.2) is 6.61 Å². The minimum absolute atomic E-state index is 0.0112. The van der Waals surface area contributed by atoms with Crippen molar-refractivity contribution in [3.63, 3.8) is 0 Å². The molecule has 1 saturated carbocycles. The first-order valence-electron chi connectivity index (χ1n) is 14.9. The minimum Gasteiger partial charge on any atom is -0.453 e. The molecule has 10 heteroatoms. The summed E-state index contributed by atoms with van der Waals surface area (Å²) in [5, 5.41) is 5.85. The van der Waals surface area contributed by atoms with Crippen LogP contribution in [0, 0.1) is 31.6 Å². The smallest absolute Gasteiger partial charge is 0.317 e. The average Bonchev–Trinajstić information content (AvgIpc) is 3.71. The largest absolute Gasteiger partial charge is 0.453 e. The number of hydrogen-bond acceptors (Lipinski definition) is 7. The number of benzene rings is 1. The van der Waals surface area contributed by atoms with Crippen LogP contribution >= 0.6 is 0 Å². The number of carbonyl (C=O) groups is 3. The first-order valence-corrected chi connectivity index (χ1v) is 14.9. The number of nitrogens with zero attached hydrogens (tertiary/aromatic N) is 4. The number of amides is 3. The van der Waals surface area contributed by atoms with E-state index in [1.807, 2.05) is 23.1 Å². The van der Waals surface area contributed by atoms with E-state index in [0.29, 0.717) is 41.9 Å². The van der Waals surface area contributed by atoms with Gasteiger partial charge in [-0.3, -0.25) is 14.4 Å². The third-order valence-corrected chi connectivity index (χ3v) is 8.90. The van der Waals surface area contributed by atoms with Crippen molar-refractivity contribution in [2.24, 2.45) is 17.8 Å². The normalized spacial score (nSPS) is 21.5. The topological polar surface area (TPSA) is 117 Å². The fourth-order valence-corrected chi connectivity index (χ4v) is 6.66. The number of aryl methyl sites for hydroxylation is 2. The van der Waals surface area contributed by atoms with Crippen LogP contribution in [0.15, 0.2) is 30.3 Å². The fourth-order valence-electron chi connectivity index (χ4n) is 6.66. The molecule has 3 aliphatic rings. The molecule has 3 fully saturated rings. The molecule has 2 unspecified atom stereocenters. The Morgan fingerprint density at radius 2 is 1.61 bits per heavy atom. The zero-order valence-electron chi connectivity index (χ0n) is 24.4. The number of nitrogens with one attached hydrogen (secondary N) is 2. The lowest BCUT2D eigenvalue weighted by Crippen LogP contribution is -2.37. The second-order valence-corrected chi connectivity index (χ2v) is 11.7. The Morgan fingerprint density at radius 1 is 0.976 bits per heavy atom. The summed E-state index contributed by atoms with van der Waals surface area (Å²) in [6.07, 6.45) is 5.16. The SMILES string of the molecule is CNC(=O)COc1nc(C)c(C(=O)N2CC3CN(CC[C@H](NC(=O)C4CCCC4)c4ccccc4)CC3C2)c(C)n1. The summed E-state index contributed by atoms with van der Waals surface area (Å²) < 4.78 is 5.38. The summed E-state index contributed by atoms with van der Waals surface area (Å²) in [6, 6.07) is 10.4. The Labute approximate surface area is 242 Å². The zero-order valence-corrected chi connectivity index (χ0v) is 24.4. The van der Waals surface area contributed by atoms with Crippen LogP contribution in [0.5, 0.6) is 6.01 Å². The third kappa shape index (κ3) is 6.86. The molecule has 2 saturated heterocycles. The standard InChI is InChI=1S/C31H42N6O4/c1-20-28(21(2)34-31(33-20)41-19-27(38)32-3)30(40)37-17-24-15-36(16-25(24)18-37)14-13-26(22-9-5-4-6-10-22)35-29(39)23-11-7-8-12-23/h4-6,9-10,23-26H,7-8,11-19H2,1-3H3,(H,32,38)(H,35,39)/t24?,25?,26-/m0/s1. The highest BCUT2D eigenvalue weighted by Crippen LogP contribution is 2.33. The molecule has 3 atom stereocenters. The number of carbonyl (C=O) groups excluding carboxylic acids is 3. The van der Waals surface area contributed by atoms with Gasteiger partial charge in [-0.2, -0.15) is 9.97 Å². The van der Waals surface area contributed by atoms with E-state index in [1.54, 1.807) is 13.8 Å². The molecule has 5 rings (SSSR count). The highest BCUT2D eigenvalue weighted by atomic mass is 16.5. The summed E-state index contributed by atoms with van der Waals surface area (Å²) in [5.41, 5.74) is 2.78. The van der Waals surface area contributed by atoms with Crippen LogP contribution in [0.3, 0.4) is 0 Å². The molecule has 2 aromatic rings. The Balaban J connectivity index is 1.15. The maximum atomic E-state index is 13.5. The molecule has 0 radical (unpaired) electrons. The van der Waals surface area contributed by atoms with Crippen LogP contribution < -0.4 is 15.4 Å². The molecule has 10 nitrogen and oxygen atoms in total. The van der Waals surface area contributed by atoms with E-state index in [0.717, 1.165) is 57.3 Å². The molecule has 0 bridgehead atoms. The van der Waals surface area contributed by atoms with Gasteiger partial charge in [-0.15, -0.1) is 0 Å². The van der Waals surface area contributed by atoms with Crippen LogP contribution in [-0.2, 0) is 9.59 Å². The van der Waals surface area contributed by atoms with Crippen LogP contribution in [0.25, 0.3) is 0 Å². The van der Waals surface area contributed by atoms with Gasteiger partial charge in [0.1, 0.15) is 0 Å². The summed E-state index contributed by atoms with van der Waals surface area (Å²) in [4.78, 5) is 51.0. The Bertz CT molecular complexity index is 1210. The van der Waals surface area contributed by atoms with E-state index >= 15 is 0 Å². The van der Waals surface area contributed by atoms with Crippen molar-refractivity contribution >= 4 is 17.7 Å². The monoisotopic (exact) mass is 562 g/mol. The summed E-state index contributed by atoms with van der Waals surface area (Å²) >= 11 is 0. The van der Waals surface area contributed by atoms with Gasteiger partial charge in [0, 0.05) is 45.7 Å². The molecule has 1 aromatic heterocycles. The van der Waals surface area contributed by atoms with Crippen molar-refractivity contribution in [1.29, 1.82) is 0 Å².